The van der Waals surface area contributed by atoms with Crippen molar-refractivity contribution in [3.63, 3.8) is 0 Å². The number of aliphatic carboxylic acids is 1. The smallest absolute Gasteiger partial charge is 0.335 e. The average Bonchev–Trinajstić information content (AvgIpc) is 0.802. The molecule has 4 saturated heterocycles. The summed E-state index contributed by atoms with van der Waals surface area (Å²) in [6.07, 6.45) is 11.6. The topological polar surface area (TPSA) is 418 Å². The molecule has 12 rings (SSSR count). The molecule has 4 fully saturated rings. The van der Waals surface area contributed by atoms with Gasteiger partial charge >= 0.3 is 23.9 Å². The van der Waals surface area contributed by atoms with Crippen LogP contribution in [0.3, 0.4) is 0 Å². The lowest BCUT2D eigenvalue weighted by Crippen LogP contribution is -2.51. The number of aromatic nitrogens is 4. The molecular formula is C90H119N13O22. The molecule has 2 aromatic heterocycles. The first kappa shape index (κ1) is 101. The van der Waals surface area contributed by atoms with Crippen molar-refractivity contribution in [2.45, 2.75) is 79.4 Å². The summed E-state index contributed by atoms with van der Waals surface area (Å²) in [5.74, 6) is 1.08. The van der Waals surface area contributed by atoms with Crippen LogP contribution in [0.2, 0.25) is 0 Å². The number of carbonyl (C=O) groups excluding carboxylic acids is 6. The zero-order valence-electron chi connectivity index (χ0n) is 72.9. The number of carbonyl (C=O) groups is 8. The third kappa shape index (κ3) is 32.2. The van der Waals surface area contributed by atoms with E-state index in [1.807, 2.05) is 36.9 Å². The average molecular weight is 1740 g/mol. The number of rotatable bonds is 25. The van der Waals surface area contributed by atoms with Gasteiger partial charge in [-0.05, 0) is 146 Å². The normalized spacial score (nSPS) is 13.4. The minimum Gasteiger partial charge on any atom is -0.493 e. The van der Waals surface area contributed by atoms with Crippen molar-refractivity contribution in [3.05, 3.63) is 168 Å². The largest absolute Gasteiger partial charge is 0.493 e. The molecule has 676 valence electrons. The fraction of sp³-hybridized carbons (Fsp3) is 0.422. The Kier molecular flexibility index (Phi) is 41.0. The van der Waals surface area contributed by atoms with Crippen LogP contribution in [0.1, 0.15) is 110 Å². The number of hydrogen-bond donors (Lipinski definition) is 6. The molecule has 125 heavy (non-hydrogen) atoms. The molecule has 6 heterocycles. The molecule has 0 spiro atoms. The van der Waals surface area contributed by atoms with Gasteiger partial charge in [0.05, 0.1) is 102 Å². The van der Waals surface area contributed by atoms with Crippen molar-refractivity contribution >= 4 is 70.8 Å². The monoisotopic (exact) mass is 1730 g/mol. The van der Waals surface area contributed by atoms with Crippen molar-refractivity contribution in [2.24, 2.45) is 5.73 Å². The third-order valence-corrected chi connectivity index (χ3v) is 18.7. The number of para-hydroxylation sites is 2. The summed E-state index contributed by atoms with van der Waals surface area (Å²) >= 11 is 0. The second kappa shape index (κ2) is 51.0. The number of nitrogens with zero attached hydrogens (tertiary/aromatic N) is 9. The number of morpholine rings is 2. The van der Waals surface area contributed by atoms with Gasteiger partial charge in [0, 0.05) is 141 Å². The molecule has 0 bridgehead atoms. The molecule has 0 unspecified atom stereocenters. The van der Waals surface area contributed by atoms with Crippen molar-refractivity contribution in [1.82, 2.24) is 40.8 Å². The number of carboxylic acids is 2. The number of methoxy groups -OCH3 is 8. The van der Waals surface area contributed by atoms with Crippen LogP contribution >= 0.6 is 0 Å². The van der Waals surface area contributed by atoms with Crippen LogP contribution in [0.15, 0.2) is 146 Å². The van der Waals surface area contributed by atoms with E-state index in [9.17, 15) is 38.4 Å². The Labute approximate surface area is 730 Å². The Balaban J connectivity index is 0.000000247. The minimum atomic E-state index is -1.10. The van der Waals surface area contributed by atoms with Gasteiger partial charge in [0.25, 0.3) is 17.7 Å². The summed E-state index contributed by atoms with van der Waals surface area (Å²) in [5, 5.41) is 24.6. The number of carboxylic acid groups (broad SMARTS) is 2. The maximum Gasteiger partial charge on any atom is 0.335 e. The van der Waals surface area contributed by atoms with E-state index >= 15 is 0 Å². The molecule has 8 aromatic rings. The molecule has 0 radical (unpaired) electrons. The van der Waals surface area contributed by atoms with Crippen LogP contribution in [0.25, 0.3) is 22.3 Å². The highest BCUT2D eigenvalue weighted by molar-refractivity contribution is 5.98. The molecule has 4 aliphatic heterocycles. The maximum absolute atomic E-state index is 12.9. The predicted octanol–water partition coefficient (Wildman–Crippen LogP) is 9.66. The van der Waals surface area contributed by atoms with Crippen LogP contribution in [0, 0.1) is 0 Å². The van der Waals surface area contributed by atoms with Gasteiger partial charge in [-0.25, -0.2) is 24.7 Å². The number of benzene rings is 6. The van der Waals surface area contributed by atoms with Crippen molar-refractivity contribution in [1.29, 1.82) is 0 Å². The first-order chi connectivity index (χ1) is 59.5. The Bertz CT molecular complexity index is 4770. The van der Waals surface area contributed by atoms with E-state index in [4.69, 9.17) is 72.8 Å². The van der Waals surface area contributed by atoms with Crippen molar-refractivity contribution in [2.75, 3.05) is 195 Å². The number of esters is 2. The highest BCUT2D eigenvalue weighted by Gasteiger charge is 2.27. The lowest BCUT2D eigenvalue weighted by Gasteiger charge is -2.37. The number of piperidine rings is 1. The van der Waals surface area contributed by atoms with Crippen LogP contribution in [0.4, 0.5) is 23.3 Å². The second-order valence-corrected chi connectivity index (χ2v) is 29.6. The summed E-state index contributed by atoms with van der Waals surface area (Å²) in [5.41, 5.74) is 12.0. The number of amides is 4. The molecule has 0 aliphatic carbocycles. The lowest BCUT2D eigenvalue weighted by molar-refractivity contribution is -0.154. The summed E-state index contributed by atoms with van der Waals surface area (Å²) in [4.78, 5) is 121. The number of piperazine rings is 1. The lowest BCUT2D eigenvalue weighted by atomic mass is 10.0. The van der Waals surface area contributed by atoms with Gasteiger partial charge in [0.15, 0.2) is 46.0 Å². The number of nitrogens with one attached hydrogen (secondary N) is 3. The maximum atomic E-state index is 12.9. The molecule has 0 atom stereocenters. The van der Waals surface area contributed by atoms with Crippen LogP contribution in [0.5, 0.6) is 46.0 Å². The molecule has 35 heteroatoms. The Morgan fingerprint density at radius 3 is 1.06 bits per heavy atom. The summed E-state index contributed by atoms with van der Waals surface area (Å²) in [7, 11) is 11.9. The van der Waals surface area contributed by atoms with E-state index in [-0.39, 0.29) is 56.3 Å². The number of anilines is 4. The van der Waals surface area contributed by atoms with E-state index in [0.29, 0.717) is 102 Å². The van der Waals surface area contributed by atoms with E-state index in [2.05, 4.69) is 91.9 Å². The van der Waals surface area contributed by atoms with Gasteiger partial charge in [-0.15, -0.1) is 0 Å². The van der Waals surface area contributed by atoms with Crippen LogP contribution < -0.4 is 79.2 Å². The zero-order valence-corrected chi connectivity index (χ0v) is 72.9. The van der Waals surface area contributed by atoms with Gasteiger partial charge < -0.3 is 113 Å². The number of ether oxygens (including phenoxy) is 12. The molecule has 0 saturated carbocycles. The van der Waals surface area contributed by atoms with E-state index in [1.54, 1.807) is 95.0 Å². The Morgan fingerprint density at radius 1 is 0.392 bits per heavy atom. The molecule has 4 amide bonds. The predicted molar refractivity (Wildman–Crippen MR) is 473 cm³/mol. The molecule has 7 N–H and O–H groups in total. The fourth-order valence-electron chi connectivity index (χ4n) is 12.6. The van der Waals surface area contributed by atoms with Crippen LogP contribution in [-0.2, 0) is 38.1 Å². The quantitative estimate of drug-likeness (QED) is 0.0290. The zero-order chi connectivity index (χ0) is 90.3. The van der Waals surface area contributed by atoms with E-state index < -0.39 is 41.6 Å². The van der Waals surface area contributed by atoms with Gasteiger partial charge in [0.1, 0.15) is 24.3 Å². The van der Waals surface area contributed by atoms with Gasteiger partial charge in [-0.3, -0.25) is 33.6 Å². The number of hydrogen-bond acceptors (Lipinski definition) is 29. The molecular weight excluding hydrogens is 1620 g/mol. The standard InChI is InChI=1S/C29H34N6O5.C19H24N4O.C15H21NO5.C11H13NO5.C9H10O4.C6H13NO2.CH4/c1-38-25-8-7-21(17-26(25)39-2)28(37)30-20-27(36)34-11-9-33(10-12-34)24-6-4-3-5-23(24)22-18-31-29(32-19-22)35-13-15-40-16-14-35;1-4-8-22(9-5-1)18-7-3-2-6-17(18)16-14-20-19(21-15-16)23-10-12-24-13-11-23;1-15(2,3)21-13(17)9-16-14(18)10-6-7-11(19-4)12(8-10)20-5;1-16-8-4-3-7(5-9(8)17-2)11(15)12-6-10(13)14;1-12-7-4-3-6(9(10)11)5-8(7)13-2;1-6(2,3)9-5(8)4-7;/h3-8,17-19H,9-16,20H2,1-2H3,(H,30,37);2-3,6-7,14-15H,1,4-5,8-13H2;6-8H,9H2,1-5H3,(H,16,18);3-5H,6H2,1-2H3,(H,12,15)(H,13,14);3-5H,1-2H3,(H,10,11);4,7H2,1-3H3;1H4. The summed E-state index contributed by atoms with van der Waals surface area (Å²) in [6.45, 7) is 20.9. The third-order valence-electron chi connectivity index (χ3n) is 18.7. The summed E-state index contributed by atoms with van der Waals surface area (Å²) in [6, 6.07) is 35.5. The minimum absolute atomic E-state index is 0. The summed E-state index contributed by atoms with van der Waals surface area (Å²) < 4.78 is 61.4. The highest BCUT2D eigenvalue weighted by Crippen LogP contribution is 2.36. The van der Waals surface area contributed by atoms with Gasteiger partial charge in [0.2, 0.25) is 17.8 Å². The van der Waals surface area contributed by atoms with E-state index in [0.717, 1.165) is 86.8 Å². The highest BCUT2D eigenvalue weighted by atomic mass is 16.6. The number of aromatic carboxylic acids is 1. The molecule has 6 aromatic carbocycles. The van der Waals surface area contributed by atoms with Crippen molar-refractivity contribution < 1.29 is 105 Å². The first-order valence-corrected chi connectivity index (χ1v) is 40.1. The SMILES string of the molecule is C.CC(C)(C)OC(=O)CN.COc1ccc(C(=O)NCC(=O)N2CCN(c3ccccc3-c3cnc(N4CCOCC4)nc3)CC2)cc1OC.COc1ccc(C(=O)NCC(=O)O)cc1OC.COc1ccc(C(=O)NCC(=O)OC(C)(C)C)cc1OC.COc1ccc(C(=O)O)cc1OC.c1ccc(N2CCCCC2)c(-c2cnc(N3CCOCC3)nc2)c1. The van der Waals surface area contributed by atoms with Crippen molar-refractivity contribution in [3.8, 4) is 68.2 Å². The first-order valence-electron chi connectivity index (χ1n) is 40.1. The van der Waals surface area contributed by atoms with Gasteiger partial charge in [-0.2, -0.15) is 0 Å². The Morgan fingerprint density at radius 2 is 0.720 bits per heavy atom. The number of nitrogens with two attached hydrogens (primary N) is 1. The molecule has 4 aliphatic rings. The second-order valence-electron chi connectivity index (χ2n) is 29.6. The fourth-order valence-corrected chi connectivity index (χ4v) is 12.6. The molecule has 35 nitrogen and oxygen atoms in total. The van der Waals surface area contributed by atoms with E-state index in [1.165, 1.54) is 112 Å². The van der Waals surface area contributed by atoms with Crippen LogP contribution in [-0.4, -0.2) is 269 Å². The Hall–Kier alpha value is -13.3. The van der Waals surface area contributed by atoms with Gasteiger partial charge in [-0.1, -0.05) is 43.8 Å².